The van der Waals surface area contributed by atoms with Crippen molar-refractivity contribution in [1.29, 1.82) is 0 Å². The number of piperazine rings is 1. The van der Waals surface area contributed by atoms with E-state index in [1.54, 1.807) is 0 Å². The van der Waals surface area contributed by atoms with Gasteiger partial charge in [-0.2, -0.15) is 4.37 Å². The lowest BCUT2D eigenvalue weighted by molar-refractivity contribution is 0.0199. The fourth-order valence-corrected chi connectivity index (χ4v) is 4.06. The third-order valence-electron chi connectivity index (χ3n) is 4.78. The van der Waals surface area contributed by atoms with Gasteiger partial charge in [0.15, 0.2) is 5.96 Å². The predicted octanol–water partition coefficient (Wildman–Crippen LogP) is 2.00. The topological polar surface area (TPSA) is 75.1 Å². The molecule has 2 fully saturated rings. The minimum Gasteiger partial charge on any atom is -0.377 e. The minimum absolute atomic E-state index is 0. The number of aliphatic imine (C=N–C) groups is 1. The van der Waals surface area contributed by atoms with Gasteiger partial charge in [0, 0.05) is 57.3 Å². The second-order valence-electron chi connectivity index (χ2n) is 6.77. The van der Waals surface area contributed by atoms with E-state index in [1.807, 2.05) is 0 Å². The van der Waals surface area contributed by atoms with E-state index in [0.29, 0.717) is 19.8 Å². The maximum absolute atomic E-state index is 5.72. The van der Waals surface area contributed by atoms with E-state index in [1.165, 1.54) is 11.5 Å². The molecular formula is C18H33IN6O2S. The van der Waals surface area contributed by atoms with Crippen molar-refractivity contribution in [2.45, 2.75) is 39.2 Å². The van der Waals surface area contributed by atoms with Gasteiger partial charge < -0.3 is 24.6 Å². The Labute approximate surface area is 189 Å². The largest absolute Gasteiger partial charge is 0.377 e. The summed E-state index contributed by atoms with van der Waals surface area (Å²) in [5.74, 6) is 1.92. The number of hydrogen-bond acceptors (Lipinski definition) is 7. The predicted molar refractivity (Wildman–Crippen MR) is 124 cm³/mol. The van der Waals surface area contributed by atoms with Gasteiger partial charge in [-0.25, -0.2) is 4.98 Å². The van der Waals surface area contributed by atoms with Gasteiger partial charge in [0.2, 0.25) is 5.13 Å². The van der Waals surface area contributed by atoms with E-state index in [2.05, 4.69) is 38.3 Å². The second kappa shape index (κ2) is 12.8. The first-order valence-electron chi connectivity index (χ1n) is 10.1. The summed E-state index contributed by atoms with van der Waals surface area (Å²) < 4.78 is 15.7. The summed E-state index contributed by atoms with van der Waals surface area (Å²) in [4.78, 5) is 14.0. The molecule has 0 bridgehead atoms. The molecule has 160 valence electrons. The lowest BCUT2D eigenvalue weighted by Gasteiger charge is -2.36. The van der Waals surface area contributed by atoms with E-state index >= 15 is 0 Å². The van der Waals surface area contributed by atoms with Crippen LogP contribution in [0.5, 0.6) is 0 Å². The van der Waals surface area contributed by atoms with Gasteiger partial charge in [-0.1, -0.05) is 6.92 Å². The summed E-state index contributed by atoms with van der Waals surface area (Å²) in [6, 6.07) is 0. The van der Waals surface area contributed by atoms with Crippen LogP contribution in [-0.4, -0.2) is 85.4 Å². The Balaban J connectivity index is 0.00000280. The number of aromatic nitrogens is 2. The van der Waals surface area contributed by atoms with Crippen LogP contribution >= 0.6 is 35.5 Å². The molecule has 10 heteroatoms. The molecule has 2 aliphatic heterocycles. The summed E-state index contributed by atoms with van der Waals surface area (Å²) in [5.41, 5.74) is 0. The van der Waals surface area contributed by atoms with Gasteiger partial charge in [0.05, 0.1) is 25.9 Å². The highest BCUT2D eigenvalue weighted by Crippen LogP contribution is 2.19. The molecule has 0 spiro atoms. The zero-order valence-corrected chi connectivity index (χ0v) is 20.1. The Morgan fingerprint density at radius 1 is 1.32 bits per heavy atom. The highest BCUT2D eigenvalue weighted by molar-refractivity contribution is 14.0. The van der Waals surface area contributed by atoms with Crippen LogP contribution in [-0.2, 0) is 15.9 Å². The van der Waals surface area contributed by atoms with Crippen molar-refractivity contribution in [2.24, 2.45) is 4.99 Å². The van der Waals surface area contributed by atoms with Crippen molar-refractivity contribution >= 4 is 46.6 Å². The fraction of sp³-hybridized carbons (Fsp3) is 0.833. The van der Waals surface area contributed by atoms with Crippen molar-refractivity contribution < 1.29 is 9.47 Å². The van der Waals surface area contributed by atoms with Crippen molar-refractivity contribution in [3.63, 3.8) is 0 Å². The van der Waals surface area contributed by atoms with Crippen molar-refractivity contribution in [3.8, 4) is 0 Å². The van der Waals surface area contributed by atoms with Gasteiger partial charge in [0.1, 0.15) is 5.82 Å². The fourth-order valence-electron chi connectivity index (χ4n) is 3.26. The molecular weight excluding hydrogens is 491 g/mol. The summed E-state index contributed by atoms with van der Waals surface area (Å²) in [7, 11) is 0. The molecule has 0 radical (unpaired) electrons. The average Bonchev–Trinajstić information content (AvgIpc) is 3.39. The average molecular weight is 524 g/mol. The van der Waals surface area contributed by atoms with Gasteiger partial charge in [-0.05, 0) is 19.8 Å². The van der Waals surface area contributed by atoms with E-state index < -0.39 is 0 Å². The lowest BCUT2D eigenvalue weighted by atomic mass is 10.2. The Kier molecular flexibility index (Phi) is 10.7. The molecule has 0 amide bonds. The number of nitrogens with one attached hydrogen (secondary N) is 1. The lowest BCUT2D eigenvalue weighted by Crippen LogP contribution is -2.52. The Hall–Kier alpha value is -0.720. The smallest absolute Gasteiger partial charge is 0.205 e. The summed E-state index contributed by atoms with van der Waals surface area (Å²) in [5, 5.41) is 4.44. The molecule has 1 N–H and O–H groups in total. The molecule has 2 saturated heterocycles. The molecule has 0 aromatic carbocycles. The number of halogens is 1. The highest BCUT2D eigenvalue weighted by Gasteiger charge is 2.22. The van der Waals surface area contributed by atoms with E-state index in [0.717, 1.165) is 75.5 Å². The maximum Gasteiger partial charge on any atom is 0.205 e. The van der Waals surface area contributed by atoms with Crippen LogP contribution in [0.4, 0.5) is 5.13 Å². The van der Waals surface area contributed by atoms with E-state index in [9.17, 15) is 0 Å². The van der Waals surface area contributed by atoms with Crippen LogP contribution in [0.2, 0.25) is 0 Å². The number of aryl methyl sites for hydroxylation is 1. The van der Waals surface area contributed by atoms with Crippen molar-refractivity contribution in [3.05, 3.63) is 5.82 Å². The second-order valence-corrected chi connectivity index (χ2v) is 7.50. The van der Waals surface area contributed by atoms with Gasteiger partial charge in [-0.3, -0.25) is 4.99 Å². The summed E-state index contributed by atoms with van der Waals surface area (Å²) in [6.45, 7) is 11.7. The molecule has 28 heavy (non-hydrogen) atoms. The number of guanidine groups is 1. The minimum atomic E-state index is 0. The quantitative estimate of drug-likeness (QED) is 0.241. The Morgan fingerprint density at radius 3 is 2.79 bits per heavy atom. The van der Waals surface area contributed by atoms with Crippen LogP contribution in [0, 0.1) is 0 Å². The monoisotopic (exact) mass is 524 g/mol. The molecule has 1 aromatic rings. The summed E-state index contributed by atoms with van der Waals surface area (Å²) in [6.07, 6.45) is 3.44. The van der Waals surface area contributed by atoms with E-state index in [-0.39, 0.29) is 30.1 Å². The molecule has 1 aromatic heterocycles. The standard InChI is InChI=1S/C18H32N6O2S.HI/c1-3-16-21-18(27-22-16)24-10-8-23(9-11-24)17(19-4-2)20-7-13-25-14-15-6-5-12-26-15;/h15H,3-14H2,1-2H3,(H,19,20);1H. The molecule has 3 rings (SSSR count). The molecule has 1 atom stereocenters. The zero-order chi connectivity index (χ0) is 18.9. The zero-order valence-electron chi connectivity index (χ0n) is 16.9. The first-order valence-corrected chi connectivity index (χ1v) is 10.9. The van der Waals surface area contributed by atoms with Crippen LogP contribution in [0.15, 0.2) is 4.99 Å². The van der Waals surface area contributed by atoms with Gasteiger partial charge in [-0.15, -0.1) is 24.0 Å². The molecule has 2 aliphatic rings. The van der Waals surface area contributed by atoms with Crippen LogP contribution in [0.3, 0.4) is 0 Å². The number of ether oxygens (including phenoxy) is 2. The molecule has 0 aliphatic carbocycles. The normalized spacial score (nSPS) is 20.4. The van der Waals surface area contributed by atoms with Crippen molar-refractivity contribution in [1.82, 2.24) is 19.6 Å². The third kappa shape index (κ3) is 6.96. The Morgan fingerprint density at radius 2 is 2.14 bits per heavy atom. The van der Waals surface area contributed by atoms with Crippen LogP contribution in [0.1, 0.15) is 32.5 Å². The molecule has 8 nitrogen and oxygen atoms in total. The van der Waals surface area contributed by atoms with Gasteiger partial charge in [0.25, 0.3) is 0 Å². The SMILES string of the molecule is CCNC(=NCCOCC1CCCO1)N1CCN(c2nc(CC)ns2)CC1.I. The van der Waals surface area contributed by atoms with Crippen LogP contribution < -0.4 is 10.2 Å². The third-order valence-corrected chi connectivity index (χ3v) is 5.60. The number of nitrogens with zero attached hydrogens (tertiary/aromatic N) is 5. The first-order chi connectivity index (χ1) is 13.3. The van der Waals surface area contributed by atoms with Crippen LogP contribution in [0.25, 0.3) is 0 Å². The molecule has 0 saturated carbocycles. The van der Waals surface area contributed by atoms with Crippen molar-refractivity contribution in [2.75, 3.05) is 64.0 Å². The van der Waals surface area contributed by atoms with Gasteiger partial charge >= 0.3 is 0 Å². The number of rotatable bonds is 8. The summed E-state index contributed by atoms with van der Waals surface area (Å²) >= 11 is 1.50. The highest BCUT2D eigenvalue weighted by atomic mass is 127. The maximum atomic E-state index is 5.72. The number of anilines is 1. The first kappa shape index (κ1) is 23.6. The molecule has 3 heterocycles. The molecule has 1 unspecified atom stereocenters. The Bertz CT molecular complexity index is 588. The number of hydrogen-bond donors (Lipinski definition) is 1. The van der Waals surface area contributed by atoms with E-state index in [4.69, 9.17) is 14.5 Å².